The average Bonchev–Trinajstić information content (AvgIpc) is 3.11. The minimum atomic E-state index is -0.538. The van der Waals surface area contributed by atoms with Gasteiger partial charge in [-0.05, 0) is 20.8 Å². The van der Waals surface area contributed by atoms with Crippen LogP contribution in [0, 0.1) is 26.7 Å². The first kappa shape index (κ1) is 15.2. The molecular formula is C15H19N3O3S. The minimum Gasteiger partial charge on any atom is -0.391 e. The highest BCUT2D eigenvalue weighted by atomic mass is 32.1. The zero-order chi connectivity index (χ0) is 15.9. The maximum Gasteiger partial charge on any atom is 0.265 e. The molecule has 2 aromatic heterocycles. The van der Waals surface area contributed by atoms with Gasteiger partial charge < -0.3 is 14.5 Å². The van der Waals surface area contributed by atoms with Crippen molar-refractivity contribution >= 4 is 17.2 Å². The third-order valence-electron chi connectivity index (χ3n) is 3.93. The number of carbonyl (C=O) groups excluding carboxylic acids is 1. The van der Waals surface area contributed by atoms with E-state index in [0.717, 1.165) is 22.2 Å². The van der Waals surface area contributed by atoms with Crippen LogP contribution >= 0.6 is 11.3 Å². The Labute approximate surface area is 132 Å². The molecule has 1 fully saturated rings. The lowest BCUT2D eigenvalue weighted by Gasteiger charge is -2.15. The van der Waals surface area contributed by atoms with Crippen molar-refractivity contribution in [3.05, 3.63) is 33.1 Å². The third kappa shape index (κ3) is 2.91. The van der Waals surface area contributed by atoms with Crippen LogP contribution in [-0.4, -0.2) is 45.2 Å². The molecule has 118 valence electrons. The molecule has 0 aliphatic carbocycles. The molecule has 0 aromatic carbocycles. The number of aliphatic hydroxyl groups is 1. The predicted octanol–water partition coefficient (Wildman–Crippen LogP) is 1.73. The molecule has 0 saturated carbocycles. The van der Waals surface area contributed by atoms with Crippen molar-refractivity contribution in [1.29, 1.82) is 0 Å². The van der Waals surface area contributed by atoms with E-state index in [2.05, 4.69) is 10.1 Å². The van der Waals surface area contributed by atoms with Crippen LogP contribution < -0.4 is 0 Å². The monoisotopic (exact) mass is 321 g/mol. The highest BCUT2D eigenvalue weighted by Crippen LogP contribution is 2.26. The van der Waals surface area contributed by atoms with E-state index in [4.69, 9.17) is 4.52 Å². The summed E-state index contributed by atoms with van der Waals surface area (Å²) in [5, 5.41) is 15.0. The molecule has 0 unspecified atom stereocenters. The lowest BCUT2D eigenvalue weighted by Crippen LogP contribution is -2.29. The maximum absolute atomic E-state index is 12.6. The molecule has 2 atom stereocenters. The van der Waals surface area contributed by atoms with Crippen molar-refractivity contribution in [3.8, 4) is 0 Å². The highest BCUT2D eigenvalue weighted by molar-refractivity contribution is 7.13. The van der Waals surface area contributed by atoms with Crippen molar-refractivity contribution < 1.29 is 14.4 Å². The Morgan fingerprint density at radius 1 is 1.45 bits per heavy atom. The number of hydrogen-bond donors (Lipinski definition) is 1. The number of β-amino-alcohol motifs (C(OH)–C–C–N with tert-alkyl or cyclic N) is 1. The number of thiazole rings is 1. The number of aromatic nitrogens is 2. The summed E-state index contributed by atoms with van der Waals surface area (Å²) in [5.74, 6) is 0.685. The highest BCUT2D eigenvalue weighted by Gasteiger charge is 2.36. The second kappa shape index (κ2) is 5.81. The van der Waals surface area contributed by atoms with Crippen molar-refractivity contribution in [1.82, 2.24) is 15.0 Å². The Morgan fingerprint density at radius 2 is 2.23 bits per heavy atom. The summed E-state index contributed by atoms with van der Waals surface area (Å²) >= 11 is 1.41. The first-order chi connectivity index (χ1) is 10.4. The second-order valence-corrected chi connectivity index (χ2v) is 7.03. The van der Waals surface area contributed by atoms with E-state index in [1.54, 1.807) is 4.90 Å². The fraction of sp³-hybridized carbons (Fsp3) is 0.533. The molecule has 1 N–H and O–H groups in total. The van der Waals surface area contributed by atoms with Crippen LogP contribution in [0.4, 0.5) is 0 Å². The van der Waals surface area contributed by atoms with Crippen LogP contribution in [0.1, 0.15) is 31.8 Å². The van der Waals surface area contributed by atoms with E-state index in [1.807, 2.05) is 26.8 Å². The van der Waals surface area contributed by atoms with Gasteiger partial charge in [0.1, 0.15) is 10.6 Å². The molecule has 7 heteroatoms. The molecule has 0 bridgehead atoms. The Hall–Kier alpha value is -1.73. The molecule has 1 aliphatic rings. The van der Waals surface area contributed by atoms with Gasteiger partial charge >= 0.3 is 0 Å². The quantitative estimate of drug-likeness (QED) is 0.931. The zero-order valence-electron chi connectivity index (χ0n) is 12.9. The molecule has 3 rings (SSSR count). The molecule has 1 amide bonds. The molecule has 6 nitrogen and oxygen atoms in total. The Kier molecular flexibility index (Phi) is 4.01. The van der Waals surface area contributed by atoms with Crippen LogP contribution in [-0.2, 0) is 6.42 Å². The molecule has 22 heavy (non-hydrogen) atoms. The van der Waals surface area contributed by atoms with Crippen LogP contribution in [0.5, 0.6) is 0 Å². The average molecular weight is 321 g/mol. The molecule has 0 radical (unpaired) electrons. The van der Waals surface area contributed by atoms with Crippen LogP contribution in [0.15, 0.2) is 10.6 Å². The van der Waals surface area contributed by atoms with E-state index >= 15 is 0 Å². The number of aliphatic hydroxyl groups excluding tert-OH is 1. The Balaban J connectivity index is 1.70. The fourth-order valence-corrected chi connectivity index (χ4v) is 3.75. The van der Waals surface area contributed by atoms with Gasteiger partial charge in [0.15, 0.2) is 0 Å². The molecule has 0 spiro atoms. The lowest BCUT2D eigenvalue weighted by atomic mass is 10.0. The summed E-state index contributed by atoms with van der Waals surface area (Å²) in [5.41, 5.74) is 1.59. The smallest absolute Gasteiger partial charge is 0.265 e. The zero-order valence-corrected chi connectivity index (χ0v) is 13.7. The van der Waals surface area contributed by atoms with Gasteiger partial charge in [0.2, 0.25) is 0 Å². The number of rotatable bonds is 3. The van der Waals surface area contributed by atoms with E-state index in [0.29, 0.717) is 24.4 Å². The third-order valence-corrected chi connectivity index (χ3v) is 4.99. The van der Waals surface area contributed by atoms with Gasteiger partial charge in [-0.25, -0.2) is 4.98 Å². The number of aryl methyl sites for hydroxylation is 3. The summed E-state index contributed by atoms with van der Waals surface area (Å²) in [6.45, 7) is 6.48. The van der Waals surface area contributed by atoms with Crippen molar-refractivity contribution in [2.75, 3.05) is 13.1 Å². The van der Waals surface area contributed by atoms with Gasteiger partial charge in [-0.1, -0.05) is 5.16 Å². The topological polar surface area (TPSA) is 79.5 Å². The van der Waals surface area contributed by atoms with Gasteiger partial charge in [-0.2, -0.15) is 0 Å². The molecular weight excluding hydrogens is 302 g/mol. The summed E-state index contributed by atoms with van der Waals surface area (Å²) in [4.78, 5) is 19.2. The largest absolute Gasteiger partial charge is 0.391 e. The number of hydrogen-bond acceptors (Lipinski definition) is 6. The van der Waals surface area contributed by atoms with Gasteiger partial charge in [0.25, 0.3) is 5.91 Å². The van der Waals surface area contributed by atoms with E-state index < -0.39 is 6.10 Å². The number of carbonyl (C=O) groups is 1. The SMILES string of the molecule is Cc1cc(C[C@@H]2CN(C(=O)c3sc(C)nc3C)C[C@H]2O)on1. The normalized spacial score (nSPS) is 21.5. The van der Waals surface area contributed by atoms with Gasteiger partial charge in [-0.15, -0.1) is 11.3 Å². The standard InChI is InChI=1S/C15H19N3O3S/c1-8-4-12(21-17-8)5-11-6-18(7-13(11)19)15(20)14-9(2)16-10(3)22-14/h4,11,13,19H,5-7H2,1-3H3/t11-,13-/m1/s1. The number of amides is 1. The maximum atomic E-state index is 12.6. The van der Waals surface area contributed by atoms with E-state index in [9.17, 15) is 9.90 Å². The minimum absolute atomic E-state index is 0.0226. The second-order valence-electron chi connectivity index (χ2n) is 5.82. The molecule has 2 aromatic rings. The van der Waals surface area contributed by atoms with Gasteiger partial charge in [-0.3, -0.25) is 4.79 Å². The first-order valence-electron chi connectivity index (χ1n) is 7.27. The number of likely N-dealkylation sites (tertiary alicyclic amines) is 1. The van der Waals surface area contributed by atoms with Gasteiger partial charge in [0, 0.05) is 31.5 Å². The summed E-state index contributed by atoms with van der Waals surface area (Å²) in [7, 11) is 0. The Bertz CT molecular complexity index is 694. The van der Waals surface area contributed by atoms with Crippen molar-refractivity contribution in [2.24, 2.45) is 5.92 Å². The molecule has 1 aliphatic heterocycles. The molecule has 3 heterocycles. The van der Waals surface area contributed by atoms with E-state index in [1.165, 1.54) is 11.3 Å². The Morgan fingerprint density at radius 3 is 2.82 bits per heavy atom. The van der Waals surface area contributed by atoms with Crippen LogP contribution in [0.25, 0.3) is 0 Å². The number of nitrogens with zero attached hydrogens (tertiary/aromatic N) is 3. The van der Waals surface area contributed by atoms with Crippen molar-refractivity contribution in [2.45, 2.75) is 33.3 Å². The predicted molar refractivity (Wildman–Crippen MR) is 81.9 cm³/mol. The van der Waals surface area contributed by atoms with Gasteiger partial charge in [0.05, 0.1) is 22.5 Å². The summed E-state index contributed by atoms with van der Waals surface area (Å²) in [6, 6.07) is 1.87. The van der Waals surface area contributed by atoms with E-state index in [-0.39, 0.29) is 11.8 Å². The summed E-state index contributed by atoms with van der Waals surface area (Å²) in [6.07, 6.45) is 0.0515. The van der Waals surface area contributed by atoms with Crippen LogP contribution in [0.3, 0.4) is 0 Å². The summed E-state index contributed by atoms with van der Waals surface area (Å²) < 4.78 is 5.20. The van der Waals surface area contributed by atoms with Crippen LogP contribution in [0.2, 0.25) is 0 Å². The molecule has 1 saturated heterocycles. The van der Waals surface area contributed by atoms with Crippen molar-refractivity contribution in [3.63, 3.8) is 0 Å². The lowest BCUT2D eigenvalue weighted by molar-refractivity contribution is 0.0768. The first-order valence-corrected chi connectivity index (χ1v) is 8.09. The fourth-order valence-electron chi connectivity index (χ4n) is 2.86.